The molecule has 8 heteroatoms. The highest BCUT2D eigenvalue weighted by Crippen LogP contribution is 2.33. The molecule has 0 aliphatic rings. The number of aryl methyl sites for hydroxylation is 1. The number of anilines is 1. The fraction of sp³-hybridized carbons (Fsp3) is 0.214. The van der Waals surface area contributed by atoms with Crippen molar-refractivity contribution in [3.63, 3.8) is 0 Å². The number of ether oxygens (including phenoxy) is 2. The Labute approximate surface area is 221 Å². The molecule has 0 saturated carbocycles. The molecule has 0 amide bonds. The van der Waals surface area contributed by atoms with Crippen molar-refractivity contribution in [2.45, 2.75) is 26.8 Å². The summed E-state index contributed by atoms with van der Waals surface area (Å²) < 4.78 is 14.9. The van der Waals surface area contributed by atoms with Gasteiger partial charge >= 0.3 is 0 Å². The van der Waals surface area contributed by atoms with Crippen LogP contribution < -0.4 is 19.4 Å². The minimum absolute atomic E-state index is 0.00228. The minimum Gasteiger partial charge on any atom is -0.503 e. The molecule has 3 aromatic carbocycles. The van der Waals surface area contributed by atoms with E-state index in [0.717, 1.165) is 35.2 Å². The van der Waals surface area contributed by atoms with Crippen LogP contribution in [0.1, 0.15) is 24.5 Å². The van der Waals surface area contributed by atoms with Crippen molar-refractivity contribution in [1.29, 1.82) is 0 Å². The van der Waals surface area contributed by atoms with Gasteiger partial charge in [0.1, 0.15) is 0 Å². The monoisotopic (exact) mass is 522 g/mol. The number of rotatable bonds is 8. The van der Waals surface area contributed by atoms with Gasteiger partial charge in [-0.15, -0.1) is 0 Å². The lowest BCUT2D eigenvalue weighted by molar-refractivity contribution is -0.671. The van der Waals surface area contributed by atoms with Gasteiger partial charge in [0.2, 0.25) is 12.0 Å². The van der Waals surface area contributed by atoms with E-state index in [0.29, 0.717) is 32.8 Å². The van der Waals surface area contributed by atoms with Crippen LogP contribution in [-0.2, 0) is 6.54 Å². The zero-order chi connectivity index (χ0) is 25.8. The Morgan fingerprint density at radius 1 is 1.06 bits per heavy atom. The van der Waals surface area contributed by atoms with Gasteiger partial charge in [0.15, 0.2) is 33.3 Å². The largest absolute Gasteiger partial charge is 0.503 e. The van der Waals surface area contributed by atoms with Crippen molar-refractivity contribution in [3.05, 3.63) is 83.1 Å². The third-order valence-corrected chi connectivity index (χ3v) is 6.73. The van der Waals surface area contributed by atoms with Gasteiger partial charge in [-0.1, -0.05) is 48.9 Å². The second-order valence-corrected chi connectivity index (χ2v) is 9.12. The van der Waals surface area contributed by atoms with Gasteiger partial charge in [-0.2, -0.15) is 4.57 Å². The van der Waals surface area contributed by atoms with Crippen molar-refractivity contribution >= 4 is 57.0 Å². The number of imidazole rings is 1. The minimum atomic E-state index is -0.00228. The highest BCUT2D eigenvalue weighted by molar-refractivity contribution is 7.81. The van der Waals surface area contributed by atoms with E-state index in [4.69, 9.17) is 33.3 Å². The average Bonchev–Trinajstić information content (AvgIpc) is 3.24. The summed E-state index contributed by atoms with van der Waals surface area (Å²) in [4.78, 5) is 0.344. The Kier molecular flexibility index (Phi) is 7.82. The molecule has 0 aliphatic heterocycles. The van der Waals surface area contributed by atoms with Crippen molar-refractivity contribution in [3.8, 4) is 11.5 Å². The number of hydrogen-bond donors (Lipinski definition) is 2. The Morgan fingerprint density at radius 2 is 1.81 bits per heavy atom. The fourth-order valence-electron chi connectivity index (χ4n) is 4.15. The number of nitrogens with zero attached hydrogens (tertiary/aromatic N) is 2. The molecule has 0 saturated heterocycles. The number of nitrogens with one attached hydrogen (secondary N) is 1. The molecule has 6 nitrogen and oxygen atoms in total. The molecule has 0 spiro atoms. The van der Waals surface area contributed by atoms with E-state index in [1.165, 1.54) is 0 Å². The summed E-state index contributed by atoms with van der Waals surface area (Å²) in [6, 6.07) is 18.9. The SMILES string of the molecule is CCC[n+]1cn(C(C(=S)Nc2cccc(Cl)c2C)=C(O)c2ccc(OC)c(OC)c2)c2ccccc21. The molecule has 2 N–H and O–H groups in total. The van der Waals surface area contributed by atoms with E-state index in [-0.39, 0.29) is 5.76 Å². The van der Waals surface area contributed by atoms with Crippen molar-refractivity contribution < 1.29 is 19.1 Å². The van der Waals surface area contributed by atoms with Crippen molar-refractivity contribution in [2.24, 2.45) is 0 Å². The predicted molar refractivity (Wildman–Crippen MR) is 150 cm³/mol. The highest BCUT2D eigenvalue weighted by atomic mass is 35.5. The molecule has 0 fully saturated rings. The van der Waals surface area contributed by atoms with Gasteiger partial charge < -0.3 is 19.9 Å². The molecule has 0 aliphatic carbocycles. The van der Waals surface area contributed by atoms with E-state index >= 15 is 0 Å². The molecule has 0 unspecified atom stereocenters. The van der Waals surface area contributed by atoms with E-state index in [1.54, 1.807) is 32.4 Å². The Bertz CT molecular complexity index is 1460. The number of aromatic nitrogens is 2. The topological polar surface area (TPSA) is 59.5 Å². The first-order chi connectivity index (χ1) is 17.4. The lowest BCUT2D eigenvalue weighted by atomic mass is 10.1. The Balaban J connectivity index is 1.94. The van der Waals surface area contributed by atoms with Crippen LogP contribution in [0, 0.1) is 6.92 Å². The molecule has 4 rings (SSSR count). The predicted octanol–water partition coefficient (Wildman–Crippen LogP) is 6.64. The summed E-state index contributed by atoms with van der Waals surface area (Å²) in [5.74, 6) is 1.07. The smallest absolute Gasteiger partial charge is 0.250 e. The van der Waals surface area contributed by atoms with Gasteiger partial charge in [0.25, 0.3) is 0 Å². The first kappa shape index (κ1) is 25.5. The number of halogens is 1. The van der Waals surface area contributed by atoms with Gasteiger partial charge in [0, 0.05) is 16.3 Å². The van der Waals surface area contributed by atoms with Gasteiger partial charge in [-0.3, -0.25) is 0 Å². The molecule has 186 valence electrons. The van der Waals surface area contributed by atoms with Gasteiger partial charge in [-0.05, 0) is 61.4 Å². The van der Waals surface area contributed by atoms with E-state index < -0.39 is 0 Å². The molecule has 0 radical (unpaired) electrons. The van der Waals surface area contributed by atoms with Gasteiger partial charge in [-0.25, -0.2) is 4.57 Å². The highest BCUT2D eigenvalue weighted by Gasteiger charge is 2.27. The second-order valence-electron chi connectivity index (χ2n) is 8.30. The molecule has 36 heavy (non-hydrogen) atoms. The first-order valence-electron chi connectivity index (χ1n) is 11.6. The third kappa shape index (κ3) is 4.90. The lowest BCUT2D eigenvalue weighted by Crippen LogP contribution is -2.32. The average molecular weight is 523 g/mol. The molecular weight excluding hydrogens is 494 g/mol. The summed E-state index contributed by atoms with van der Waals surface area (Å²) in [7, 11) is 3.13. The number of benzene rings is 3. The lowest BCUT2D eigenvalue weighted by Gasteiger charge is -2.15. The van der Waals surface area contributed by atoms with Crippen molar-refractivity contribution in [1.82, 2.24) is 4.57 Å². The van der Waals surface area contributed by atoms with Crippen LogP contribution in [0.15, 0.2) is 67.0 Å². The summed E-state index contributed by atoms with van der Waals surface area (Å²) in [6.07, 6.45) is 2.93. The quantitative estimate of drug-likeness (QED) is 0.117. The fourth-order valence-corrected chi connectivity index (χ4v) is 4.63. The summed E-state index contributed by atoms with van der Waals surface area (Å²) in [6.45, 7) is 4.88. The number of fused-ring (bicyclic) bond motifs is 1. The first-order valence-corrected chi connectivity index (χ1v) is 12.4. The zero-order valence-electron chi connectivity index (χ0n) is 20.7. The summed E-state index contributed by atoms with van der Waals surface area (Å²) in [5.41, 5.74) is 4.56. The Morgan fingerprint density at radius 3 is 2.53 bits per heavy atom. The van der Waals surface area contributed by atoms with Crippen LogP contribution in [0.4, 0.5) is 5.69 Å². The maximum absolute atomic E-state index is 11.7. The molecule has 0 atom stereocenters. The van der Waals surface area contributed by atoms with Crippen LogP contribution in [0.3, 0.4) is 0 Å². The van der Waals surface area contributed by atoms with E-state index in [9.17, 15) is 5.11 Å². The molecular formula is C28H29ClN3O3S+. The molecule has 1 heterocycles. The Hall–Kier alpha value is -3.55. The molecule has 0 bridgehead atoms. The number of thiocarbonyl (C=S) groups is 1. The standard InChI is InChI=1S/C28H28ClN3O3S/c1-5-15-31-17-32(23-12-7-6-11-22(23)31)26(28(36)30-21-10-8-9-20(29)18(21)2)27(33)19-13-14-24(34-3)25(16-19)35-4/h6-14,16-17H,5,15H2,1-4H3,(H-,30,33,36)/p+1. The van der Waals surface area contributed by atoms with Crippen LogP contribution in [0.2, 0.25) is 5.02 Å². The maximum Gasteiger partial charge on any atom is 0.250 e. The van der Waals surface area contributed by atoms with Crippen LogP contribution >= 0.6 is 23.8 Å². The van der Waals surface area contributed by atoms with Crippen LogP contribution in [-0.4, -0.2) is 28.9 Å². The number of methoxy groups -OCH3 is 2. The van der Waals surface area contributed by atoms with Gasteiger partial charge in [0.05, 0.1) is 20.8 Å². The van der Waals surface area contributed by atoms with Crippen LogP contribution in [0.25, 0.3) is 22.5 Å². The van der Waals surface area contributed by atoms with Crippen LogP contribution in [0.5, 0.6) is 11.5 Å². The number of aliphatic hydroxyl groups excluding tert-OH is 1. The van der Waals surface area contributed by atoms with Crippen molar-refractivity contribution in [2.75, 3.05) is 19.5 Å². The molecule has 1 aromatic heterocycles. The third-order valence-electron chi connectivity index (χ3n) is 6.02. The van der Waals surface area contributed by atoms with E-state index in [2.05, 4.69) is 22.9 Å². The molecule has 4 aromatic rings. The zero-order valence-corrected chi connectivity index (χ0v) is 22.3. The number of aliphatic hydroxyl groups is 1. The summed E-state index contributed by atoms with van der Waals surface area (Å²) >= 11 is 12.3. The second kappa shape index (κ2) is 11.0. The normalized spacial score (nSPS) is 11.8. The number of hydrogen-bond acceptors (Lipinski definition) is 4. The van der Waals surface area contributed by atoms with E-state index in [1.807, 2.05) is 54.2 Å². The number of para-hydroxylation sites is 2. The summed E-state index contributed by atoms with van der Waals surface area (Å²) in [5, 5.41) is 15.6. The maximum atomic E-state index is 11.7.